The van der Waals surface area contributed by atoms with Gasteiger partial charge in [0.25, 0.3) is 0 Å². The number of aliphatic imine (C=N–C) groups is 1. The van der Waals surface area contributed by atoms with Crippen molar-refractivity contribution in [2.24, 2.45) is 4.99 Å². The molecule has 0 saturated carbocycles. The summed E-state index contributed by atoms with van der Waals surface area (Å²) in [6, 6.07) is 8.25. The fourth-order valence-corrected chi connectivity index (χ4v) is 2.62. The van der Waals surface area contributed by atoms with Gasteiger partial charge in [0.1, 0.15) is 0 Å². The third-order valence-electron chi connectivity index (χ3n) is 2.74. The number of nitrogens with zero attached hydrogens (tertiary/aromatic N) is 1. The smallest absolute Gasteiger partial charge is 0.413 e. The first-order chi connectivity index (χ1) is 8.70. The van der Waals surface area contributed by atoms with Gasteiger partial charge in [-0.15, -0.1) is 0 Å². The van der Waals surface area contributed by atoms with Crippen molar-refractivity contribution < 1.29 is 9.53 Å². The van der Waals surface area contributed by atoms with Gasteiger partial charge in [-0.2, -0.15) is 0 Å². The fraction of sp³-hybridized carbons (Fsp3) is 0.333. The van der Waals surface area contributed by atoms with Crippen molar-refractivity contribution in [3.05, 3.63) is 33.4 Å². The van der Waals surface area contributed by atoms with Crippen molar-refractivity contribution in [3.8, 4) is 0 Å². The van der Waals surface area contributed by atoms with E-state index in [1.165, 1.54) is 16.2 Å². The van der Waals surface area contributed by atoms with Crippen LogP contribution in [-0.4, -0.2) is 32.3 Å². The van der Waals surface area contributed by atoms with Crippen LogP contribution in [0.15, 0.2) is 29.3 Å². The Morgan fingerprint density at radius 3 is 2.94 bits per heavy atom. The van der Waals surface area contributed by atoms with Crippen LogP contribution in [0.25, 0.3) is 0 Å². The van der Waals surface area contributed by atoms with Gasteiger partial charge in [0.15, 0.2) is 0 Å². The number of halogens is 1. The predicted octanol–water partition coefficient (Wildman–Crippen LogP) is 1.69. The second kappa shape index (κ2) is 6.03. The maximum absolute atomic E-state index is 11.0. The van der Waals surface area contributed by atoms with E-state index in [1.807, 2.05) is 12.1 Å². The molecule has 1 atom stereocenters. The standard InChI is InChI=1S/C12H14IN3O2/c1-18-12(17)16-11-14-6-8(7-15-11)9-4-2-3-5-10(9)13/h2-5,8H,6-7H2,1H3,(H2,14,15,16,17). The number of hydrogen-bond donors (Lipinski definition) is 2. The minimum absolute atomic E-state index is 0.335. The van der Waals surface area contributed by atoms with Crippen LogP contribution in [0.3, 0.4) is 0 Å². The Labute approximate surface area is 119 Å². The minimum Gasteiger partial charge on any atom is -0.453 e. The molecule has 0 aromatic heterocycles. The molecule has 0 saturated heterocycles. The molecule has 1 aliphatic rings. The second-order valence-electron chi connectivity index (χ2n) is 3.91. The lowest BCUT2D eigenvalue weighted by atomic mass is 9.98. The third-order valence-corrected chi connectivity index (χ3v) is 3.72. The zero-order valence-electron chi connectivity index (χ0n) is 9.94. The van der Waals surface area contributed by atoms with Crippen molar-refractivity contribution in [1.29, 1.82) is 0 Å². The molecule has 0 fully saturated rings. The van der Waals surface area contributed by atoms with Crippen molar-refractivity contribution in [3.63, 3.8) is 0 Å². The Balaban J connectivity index is 2.02. The number of benzene rings is 1. The van der Waals surface area contributed by atoms with E-state index in [-0.39, 0.29) is 0 Å². The molecule has 96 valence electrons. The summed E-state index contributed by atoms with van der Waals surface area (Å²) in [5.41, 5.74) is 1.28. The lowest BCUT2D eigenvalue weighted by Crippen LogP contribution is -2.45. The summed E-state index contributed by atoms with van der Waals surface area (Å²) in [6.45, 7) is 1.41. The number of hydrogen-bond acceptors (Lipinski definition) is 4. The number of ether oxygens (including phenoxy) is 1. The quantitative estimate of drug-likeness (QED) is 0.751. The van der Waals surface area contributed by atoms with Gasteiger partial charge in [-0.3, -0.25) is 10.3 Å². The first-order valence-corrected chi connectivity index (χ1v) is 6.66. The molecule has 1 aliphatic heterocycles. The summed E-state index contributed by atoms with van der Waals surface area (Å²) in [5, 5.41) is 5.63. The van der Waals surface area contributed by atoms with Gasteiger partial charge >= 0.3 is 6.09 Å². The topological polar surface area (TPSA) is 62.7 Å². The third kappa shape index (κ3) is 3.12. The van der Waals surface area contributed by atoms with Crippen LogP contribution in [0.1, 0.15) is 11.5 Å². The second-order valence-corrected chi connectivity index (χ2v) is 5.07. The molecule has 0 aliphatic carbocycles. The monoisotopic (exact) mass is 359 g/mol. The number of nitrogens with one attached hydrogen (secondary N) is 2. The van der Waals surface area contributed by atoms with Crippen molar-refractivity contribution >= 4 is 34.6 Å². The highest BCUT2D eigenvalue weighted by molar-refractivity contribution is 14.1. The molecule has 1 amide bonds. The Hall–Kier alpha value is -1.31. The average Bonchev–Trinajstić information content (AvgIpc) is 2.40. The van der Waals surface area contributed by atoms with E-state index in [9.17, 15) is 4.79 Å². The summed E-state index contributed by atoms with van der Waals surface area (Å²) in [5.74, 6) is 0.810. The molecular weight excluding hydrogens is 345 g/mol. The van der Waals surface area contributed by atoms with E-state index < -0.39 is 6.09 Å². The number of carbonyl (C=O) groups excluding carboxylic acids is 1. The van der Waals surface area contributed by atoms with Gasteiger partial charge in [0.05, 0.1) is 13.7 Å². The molecule has 5 nitrogen and oxygen atoms in total. The van der Waals surface area contributed by atoms with Gasteiger partial charge in [-0.05, 0) is 34.2 Å². The summed E-state index contributed by atoms with van der Waals surface area (Å²) in [4.78, 5) is 15.3. The van der Waals surface area contributed by atoms with Crippen LogP contribution in [0.5, 0.6) is 0 Å². The fourth-order valence-electron chi connectivity index (χ4n) is 1.79. The zero-order chi connectivity index (χ0) is 13.0. The van der Waals surface area contributed by atoms with Gasteiger partial charge in [-0.25, -0.2) is 4.79 Å². The first-order valence-electron chi connectivity index (χ1n) is 5.58. The van der Waals surface area contributed by atoms with E-state index in [2.05, 4.69) is 55.1 Å². The van der Waals surface area contributed by atoms with Crippen LogP contribution < -0.4 is 10.6 Å². The van der Waals surface area contributed by atoms with E-state index in [1.54, 1.807) is 0 Å². The molecule has 1 heterocycles. The number of methoxy groups -OCH3 is 1. The number of rotatable bonds is 1. The number of alkyl carbamates (subject to hydrolysis) is 1. The molecule has 1 aromatic rings. The maximum atomic E-state index is 11.0. The Kier molecular flexibility index (Phi) is 4.40. The van der Waals surface area contributed by atoms with Crippen molar-refractivity contribution in [2.45, 2.75) is 5.92 Å². The first kappa shape index (κ1) is 13.1. The summed E-state index contributed by atoms with van der Waals surface area (Å²) in [7, 11) is 1.33. The van der Waals surface area contributed by atoms with Crippen LogP contribution in [-0.2, 0) is 4.74 Å². The molecular formula is C12H14IN3O2. The van der Waals surface area contributed by atoms with Crippen molar-refractivity contribution in [1.82, 2.24) is 10.6 Å². The molecule has 0 radical (unpaired) electrons. The number of amides is 1. The van der Waals surface area contributed by atoms with E-state index in [0.717, 1.165) is 6.54 Å². The van der Waals surface area contributed by atoms with Gasteiger partial charge in [0, 0.05) is 16.0 Å². The number of carbonyl (C=O) groups is 1. The molecule has 1 unspecified atom stereocenters. The zero-order valence-corrected chi connectivity index (χ0v) is 12.1. The highest BCUT2D eigenvalue weighted by Gasteiger charge is 2.19. The van der Waals surface area contributed by atoms with Crippen LogP contribution >= 0.6 is 22.6 Å². The van der Waals surface area contributed by atoms with Gasteiger partial charge in [0.2, 0.25) is 5.96 Å². The summed E-state index contributed by atoms with van der Waals surface area (Å²) < 4.78 is 5.75. The normalized spacial score (nSPS) is 18.6. The Morgan fingerprint density at radius 1 is 1.56 bits per heavy atom. The number of guanidine groups is 1. The molecule has 0 spiro atoms. The largest absolute Gasteiger partial charge is 0.453 e. The Bertz CT molecular complexity index is 476. The molecule has 6 heteroatoms. The average molecular weight is 359 g/mol. The van der Waals surface area contributed by atoms with E-state index >= 15 is 0 Å². The van der Waals surface area contributed by atoms with E-state index in [4.69, 9.17) is 0 Å². The van der Waals surface area contributed by atoms with Gasteiger partial charge < -0.3 is 10.1 Å². The lowest BCUT2D eigenvalue weighted by molar-refractivity contribution is 0.176. The Morgan fingerprint density at radius 2 is 2.33 bits per heavy atom. The molecule has 18 heavy (non-hydrogen) atoms. The highest BCUT2D eigenvalue weighted by Crippen LogP contribution is 2.22. The minimum atomic E-state index is -0.506. The van der Waals surface area contributed by atoms with Crippen LogP contribution in [0.2, 0.25) is 0 Å². The van der Waals surface area contributed by atoms with Crippen LogP contribution in [0.4, 0.5) is 4.79 Å². The SMILES string of the molecule is COC(=O)NC1=NCC(c2ccccc2I)CN1. The predicted molar refractivity (Wildman–Crippen MR) is 77.7 cm³/mol. The molecule has 1 aromatic carbocycles. The highest BCUT2D eigenvalue weighted by atomic mass is 127. The van der Waals surface area contributed by atoms with Crippen LogP contribution in [0, 0.1) is 3.57 Å². The summed E-state index contributed by atoms with van der Waals surface area (Å²) in [6.07, 6.45) is -0.506. The lowest BCUT2D eigenvalue weighted by Gasteiger charge is -2.23. The maximum Gasteiger partial charge on any atom is 0.413 e. The molecule has 2 N–H and O–H groups in total. The summed E-state index contributed by atoms with van der Waals surface area (Å²) >= 11 is 2.33. The van der Waals surface area contributed by atoms with Gasteiger partial charge in [-0.1, -0.05) is 18.2 Å². The molecule has 2 rings (SSSR count). The van der Waals surface area contributed by atoms with Crippen molar-refractivity contribution in [2.75, 3.05) is 20.2 Å². The van der Waals surface area contributed by atoms with E-state index in [0.29, 0.717) is 18.4 Å². The molecule has 0 bridgehead atoms.